The summed E-state index contributed by atoms with van der Waals surface area (Å²) in [7, 11) is 1.62. The molecular weight excluding hydrogens is 1900 g/mol. The van der Waals surface area contributed by atoms with E-state index in [2.05, 4.69) is 45.8 Å². The van der Waals surface area contributed by atoms with Crippen LogP contribution < -0.4 is 43.8 Å². The first-order valence-electron chi connectivity index (χ1n) is 47.0. The zero-order chi connectivity index (χ0) is 108. The van der Waals surface area contributed by atoms with Gasteiger partial charge in [-0.15, -0.1) is 5.11 Å². The number of nitrogens with one attached hydrogen (secondary N) is 2. The van der Waals surface area contributed by atoms with Crippen LogP contribution in [-0.4, -0.2) is 153 Å². The summed E-state index contributed by atoms with van der Waals surface area (Å²) in [6, 6.07) is 51.6. The van der Waals surface area contributed by atoms with E-state index in [1.165, 1.54) is 54.6 Å². The van der Waals surface area contributed by atoms with Crippen molar-refractivity contribution >= 4 is 113 Å². The van der Waals surface area contributed by atoms with Crippen molar-refractivity contribution in [3.63, 3.8) is 0 Å². The number of allylic oxidation sites excluding steroid dienone is 3. The first-order chi connectivity index (χ1) is 69.4. The lowest BCUT2D eigenvalue weighted by atomic mass is 9.96. The average Bonchev–Trinajstić information content (AvgIpc) is 1.59. The molecule has 1 aromatic heterocycles. The van der Waals surface area contributed by atoms with Crippen LogP contribution in [0.3, 0.4) is 0 Å². The number of hydrogen-bond acceptors (Lipinski definition) is 36. The Morgan fingerprint density at radius 1 is 0.331 bits per heavy atom. The predicted octanol–water partition coefficient (Wildman–Crippen LogP) is 26.4. The van der Waals surface area contributed by atoms with Crippen molar-refractivity contribution in [2.24, 2.45) is 32.0 Å². The van der Waals surface area contributed by atoms with Gasteiger partial charge in [0.2, 0.25) is 0 Å². The number of nitrogens with zero attached hydrogens (tertiary/aromatic N) is 7. The van der Waals surface area contributed by atoms with Gasteiger partial charge in [-0.1, -0.05) is 115 Å². The second-order valence-electron chi connectivity index (χ2n) is 41.3. The van der Waals surface area contributed by atoms with Crippen molar-refractivity contribution in [3.8, 4) is 74.4 Å². The summed E-state index contributed by atoms with van der Waals surface area (Å²) in [6.07, 6.45) is 8.03. The number of aromatic nitrogens is 3. The van der Waals surface area contributed by atoms with Crippen molar-refractivity contribution in [1.82, 2.24) is 25.6 Å². The van der Waals surface area contributed by atoms with Crippen LogP contribution in [-0.2, 0) is 47.4 Å². The van der Waals surface area contributed by atoms with Crippen molar-refractivity contribution in [2.75, 3.05) is 7.11 Å². The average molecular weight is 2030 g/mol. The van der Waals surface area contributed by atoms with Gasteiger partial charge in [-0.25, -0.2) is 53.3 Å². The smallest absolute Gasteiger partial charge is 0.497 e. The molecule has 14 rings (SSSR count). The van der Waals surface area contributed by atoms with Gasteiger partial charge in [0.05, 0.1) is 41.8 Å². The monoisotopic (exact) mass is 2020 g/mol. The van der Waals surface area contributed by atoms with Crippen LogP contribution in [0.4, 0.5) is 55.4 Å². The quantitative estimate of drug-likeness (QED) is 0.0190. The summed E-state index contributed by atoms with van der Waals surface area (Å²) in [4.78, 5) is 148. The summed E-state index contributed by atoms with van der Waals surface area (Å²) < 4.78 is 91.9. The number of dihydropyridines is 1. The molecule has 0 bridgehead atoms. The Bertz CT molecular complexity index is 6780. The molecule has 36 heteroatoms. The lowest BCUT2D eigenvalue weighted by Gasteiger charge is -2.21. The fourth-order valence-corrected chi connectivity index (χ4v) is 13.8. The molecule has 36 nitrogen and oxygen atoms in total. The summed E-state index contributed by atoms with van der Waals surface area (Å²) in [5.41, 5.74) is -2.41. The molecule has 776 valence electrons. The van der Waals surface area contributed by atoms with E-state index in [0.29, 0.717) is 64.0 Å². The van der Waals surface area contributed by atoms with Crippen LogP contribution in [0.1, 0.15) is 192 Å². The highest BCUT2D eigenvalue weighted by molar-refractivity contribution is 5.99. The maximum absolute atomic E-state index is 13.1. The molecule has 0 saturated carbocycles. The third-order valence-electron chi connectivity index (χ3n) is 19.6. The lowest BCUT2D eigenvalue weighted by Crippen LogP contribution is -2.31. The minimum Gasteiger partial charge on any atom is -0.497 e. The molecule has 0 saturated heterocycles. The first-order valence-corrected chi connectivity index (χ1v) is 47.0. The van der Waals surface area contributed by atoms with Crippen molar-refractivity contribution in [2.45, 2.75) is 223 Å². The SMILES string of the molecule is CC(C)(C)OC(=O)OC1=C(C2=C(OC(=O)OC(C)(C)C)C3C=CC=NC3N2)NC2C=CC=CC12.CC(C)(C)OC(=O)Oc1ccc(-c2nc(-c3ccc(C=O)cc3OC(=O)OC(C)(C)C)nc(-c3ccc(OC(=O)OC(C)(C)C)cc3OC(=O)OC(C)(C)C)n2)c(C=O)c1.CC(C)(C)OC(=O)Oc1ccc2ccccc2c1N=Nc1ccccc1.COc1ccc(C=Nc2c(OC(=O)OC(C)(C)C)ccc3ccccc23)cc1. The number of methoxy groups -OCH3 is 1. The number of rotatable bonds is 19. The number of azo groups is 1. The van der Waals surface area contributed by atoms with E-state index in [9.17, 15) is 47.9 Å². The lowest BCUT2D eigenvalue weighted by molar-refractivity contribution is 0.00178. The highest BCUT2D eigenvalue weighted by Gasteiger charge is 2.46. The van der Waals surface area contributed by atoms with E-state index in [4.69, 9.17) is 80.5 Å². The molecule has 0 spiro atoms. The zero-order valence-electron chi connectivity index (χ0n) is 87.1. The van der Waals surface area contributed by atoms with E-state index < -0.39 is 94.1 Å². The fourth-order valence-electron chi connectivity index (χ4n) is 13.8. The molecule has 4 aliphatic rings. The molecular formula is C112H121N9O27. The largest absolute Gasteiger partial charge is 0.514 e. The Morgan fingerprint density at radius 2 is 0.709 bits per heavy atom. The normalized spacial score (nSPS) is 15.2. The number of fused-ring (bicyclic) bond motifs is 4. The van der Waals surface area contributed by atoms with Crippen LogP contribution in [0.15, 0.2) is 262 Å². The minimum absolute atomic E-state index is 0.0268. The van der Waals surface area contributed by atoms with Crippen LogP contribution in [0.25, 0.3) is 55.7 Å². The standard InChI is InChI=1S/C43H47N3O14.C25H31N3O6.C23H23NO4.C21H20N2O3/c1-40(2,3)57-36(49)53-26-14-17-28(25(20-26)23-48)33-44-34(29-16-13-24(22-47)19-31(29)55-38(51)59-42(7,8)9)46-35(45-33)30-18-15-27(54-37(50)58-41(4,5)6)21-32(30)56-39(52)60-43(10,11)12;1-24(2,3)33-22(29)31-19-14-10-7-8-12-16(14)27-17(19)18-20(32-23(30)34-25(4,5)6)15-11-9-13-26-21(15)28-18;1-23(2,3)28-22(25)27-20-14-11-17-7-5-6-8-19(17)21(20)24-15-16-9-12-18(26-4)13-10-16;1-21(2,3)26-20(24)25-18-14-13-15-9-7-8-12-17(15)19(18)23-22-16-10-5-4-6-11-16/h13-23H,1-12H3;7-16,21,27-28H,1-6H3;5-15H,1-4H3;4-14H,1-3H3. The first kappa shape index (κ1) is 111. The Morgan fingerprint density at radius 3 is 1.18 bits per heavy atom. The molecule has 0 radical (unpaired) electrons. The molecule has 148 heavy (non-hydrogen) atoms. The fraction of sp³-hybridized carbons (Fsp3) is 0.330. The number of hydrogen-bond donors (Lipinski definition) is 2. The maximum Gasteiger partial charge on any atom is 0.514 e. The van der Waals surface area contributed by atoms with Gasteiger partial charge < -0.3 is 91.2 Å². The molecule has 10 aromatic rings. The summed E-state index contributed by atoms with van der Waals surface area (Å²) in [5, 5.41) is 19.0. The van der Waals surface area contributed by atoms with Gasteiger partial charge in [-0.3, -0.25) is 19.6 Å². The van der Waals surface area contributed by atoms with Gasteiger partial charge in [0, 0.05) is 46.0 Å². The summed E-state index contributed by atoms with van der Waals surface area (Å²) in [6.45, 7) is 41.0. The molecule has 2 N–H and O–H groups in total. The van der Waals surface area contributed by atoms with E-state index >= 15 is 0 Å². The Hall–Kier alpha value is -17.0. The van der Waals surface area contributed by atoms with Crippen molar-refractivity contribution in [1.29, 1.82) is 0 Å². The molecule has 4 heterocycles. The zero-order valence-corrected chi connectivity index (χ0v) is 87.1. The number of carbonyl (C=O) groups excluding carboxylic acids is 10. The number of carbonyl (C=O) groups is 10. The van der Waals surface area contributed by atoms with Gasteiger partial charge >= 0.3 is 49.2 Å². The topological polar surface area (TPSA) is 440 Å². The molecule has 1 aliphatic carbocycles. The molecule has 0 fully saturated rings. The van der Waals surface area contributed by atoms with Gasteiger partial charge in [0.25, 0.3) is 0 Å². The molecule has 4 unspecified atom stereocenters. The molecule has 4 atom stereocenters. The maximum atomic E-state index is 13.1. The number of aliphatic imine (C=N–C) groups is 2. The van der Waals surface area contributed by atoms with Crippen LogP contribution in [0.5, 0.6) is 40.2 Å². The Balaban J connectivity index is 0.000000200. The van der Waals surface area contributed by atoms with Gasteiger partial charge in [0.1, 0.15) is 120 Å². The second-order valence-corrected chi connectivity index (χ2v) is 41.3. The molecule has 0 amide bonds. The van der Waals surface area contributed by atoms with Crippen molar-refractivity contribution in [3.05, 3.63) is 258 Å². The highest BCUT2D eigenvalue weighted by Crippen LogP contribution is 2.45. The number of aldehydes is 2. The third kappa shape index (κ3) is 33.8. The van der Waals surface area contributed by atoms with E-state index in [0.717, 1.165) is 32.9 Å². The summed E-state index contributed by atoms with van der Waals surface area (Å²) >= 11 is 0. The van der Waals surface area contributed by atoms with Crippen LogP contribution >= 0.6 is 0 Å². The predicted molar refractivity (Wildman–Crippen MR) is 552 cm³/mol. The molecule has 3 aliphatic heterocycles. The van der Waals surface area contributed by atoms with Gasteiger partial charge in [-0.2, -0.15) is 5.11 Å². The molecule has 9 aromatic carbocycles. The number of ether oxygens (including phenoxy) is 17. The highest BCUT2D eigenvalue weighted by atomic mass is 16.8. The van der Waals surface area contributed by atoms with Gasteiger partial charge in [-0.05, 0) is 280 Å². The van der Waals surface area contributed by atoms with Crippen LogP contribution in [0, 0.1) is 11.8 Å². The minimum atomic E-state index is -1.13. The Kier molecular flexibility index (Phi) is 35.6. The van der Waals surface area contributed by atoms with Crippen molar-refractivity contribution < 1.29 is 128 Å². The Labute approximate surface area is 857 Å². The third-order valence-corrected chi connectivity index (χ3v) is 19.6. The number of benzene rings is 9. The van der Waals surface area contributed by atoms with E-state index in [1.807, 2.05) is 146 Å². The van der Waals surface area contributed by atoms with E-state index in [1.54, 1.807) is 204 Å². The second kappa shape index (κ2) is 47.3. The van der Waals surface area contributed by atoms with Gasteiger partial charge in [0.15, 0.2) is 35.3 Å². The van der Waals surface area contributed by atoms with E-state index in [-0.39, 0.29) is 92.3 Å². The summed E-state index contributed by atoms with van der Waals surface area (Å²) in [5.74, 6) is 0.535. The van der Waals surface area contributed by atoms with Crippen LogP contribution in [0.2, 0.25) is 0 Å².